The average Bonchev–Trinajstić information content (AvgIpc) is 2.97. The van der Waals surface area contributed by atoms with Crippen LogP contribution in [0.1, 0.15) is 44.9 Å². The van der Waals surface area contributed by atoms with E-state index in [0.717, 1.165) is 5.56 Å². The van der Waals surface area contributed by atoms with Crippen LogP contribution >= 0.6 is 0 Å². The molecule has 0 radical (unpaired) electrons. The summed E-state index contributed by atoms with van der Waals surface area (Å²) < 4.78 is 6.33. The zero-order valence-corrected chi connectivity index (χ0v) is 23.4. The van der Waals surface area contributed by atoms with Crippen molar-refractivity contribution in [2.45, 2.75) is 26.0 Å². The van der Waals surface area contributed by atoms with Gasteiger partial charge in [-0.2, -0.15) is 0 Å². The highest BCUT2D eigenvalue weighted by Crippen LogP contribution is 2.30. The third-order valence-corrected chi connectivity index (χ3v) is 7.10. The number of aliphatic hydroxyl groups is 1. The summed E-state index contributed by atoms with van der Waals surface area (Å²) in [7, 11) is 5.09. The number of fused-ring (bicyclic) bond motifs is 1. The summed E-state index contributed by atoms with van der Waals surface area (Å²) in [5.41, 5.74) is 2.76. The summed E-state index contributed by atoms with van der Waals surface area (Å²) in [6.07, 6.45) is 4.29. The number of likely N-dealkylation sites (N-methyl/N-ethyl adjacent to an activating group) is 1. The first-order valence-corrected chi connectivity index (χ1v) is 13.2. The lowest BCUT2D eigenvalue weighted by Crippen LogP contribution is -2.50. The van der Waals surface area contributed by atoms with Crippen LogP contribution in [0.5, 0.6) is 5.88 Å². The number of aromatic nitrogens is 2. The minimum absolute atomic E-state index is 0.104. The number of hydrogen-bond donors (Lipinski definition) is 1. The number of aliphatic hydroxyl groups excluding tert-OH is 1. The number of benzene rings is 1. The molecule has 0 spiro atoms. The normalized spacial score (nSPS) is 17.6. The summed E-state index contributed by atoms with van der Waals surface area (Å²) in [4.78, 5) is 52.3. The fraction of sp³-hybridized carbons (Fsp3) is 0.367. The molecule has 1 N–H and O–H groups in total. The number of ether oxygens (including phenoxy) is 1. The number of pyridine rings is 2. The van der Waals surface area contributed by atoms with Crippen molar-refractivity contribution < 1.29 is 24.2 Å². The molecule has 1 aromatic carbocycles. The summed E-state index contributed by atoms with van der Waals surface area (Å²) >= 11 is 0. The van der Waals surface area contributed by atoms with Crippen LogP contribution in [-0.2, 0) is 0 Å². The maximum Gasteiger partial charge on any atom is 0.259 e. The van der Waals surface area contributed by atoms with E-state index in [1.54, 1.807) is 80.6 Å². The molecular formula is C30H35N5O5. The van der Waals surface area contributed by atoms with Gasteiger partial charge in [-0.3, -0.25) is 19.4 Å². The van der Waals surface area contributed by atoms with Crippen molar-refractivity contribution in [3.05, 3.63) is 77.7 Å². The molecule has 40 heavy (non-hydrogen) atoms. The number of carbonyl (C=O) groups is 3. The monoisotopic (exact) mass is 545 g/mol. The van der Waals surface area contributed by atoms with Gasteiger partial charge < -0.3 is 24.5 Å². The number of hydrogen-bond acceptors (Lipinski definition) is 7. The van der Waals surface area contributed by atoms with E-state index in [9.17, 15) is 19.5 Å². The highest BCUT2D eigenvalue weighted by Gasteiger charge is 2.35. The Balaban J connectivity index is 1.67. The van der Waals surface area contributed by atoms with Crippen LogP contribution in [0.4, 0.5) is 0 Å². The number of amides is 3. The zero-order chi connectivity index (χ0) is 29.0. The van der Waals surface area contributed by atoms with Crippen molar-refractivity contribution in [2.75, 3.05) is 40.8 Å². The molecule has 3 amide bonds. The van der Waals surface area contributed by atoms with Gasteiger partial charge in [0.05, 0.1) is 24.8 Å². The SMILES string of the molecule is C[C@@H]1CN([C@H](C)CO)C(=O)c2cc(-c3ccc(C(=O)N(C)C)cc3)cnc2O[C@H]1CN(C)C(=O)c1cccnc1. The van der Waals surface area contributed by atoms with Crippen molar-refractivity contribution in [3.8, 4) is 17.0 Å². The minimum atomic E-state index is -0.472. The topological polar surface area (TPSA) is 116 Å². The van der Waals surface area contributed by atoms with Crippen LogP contribution in [0, 0.1) is 5.92 Å². The lowest BCUT2D eigenvalue weighted by molar-refractivity contribution is 0.0313. The molecule has 0 saturated heterocycles. The van der Waals surface area contributed by atoms with Gasteiger partial charge in [-0.15, -0.1) is 0 Å². The lowest BCUT2D eigenvalue weighted by atomic mass is 9.98. The average molecular weight is 546 g/mol. The molecule has 2 aromatic heterocycles. The number of rotatable bonds is 7. The maximum absolute atomic E-state index is 13.7. The molecule has 3 heterocycles. The lowest BCUT2D eigenvalue weighted by Gasteiger charge is -2.37. The van der Waals surface area contributed by atoms with Gasteiger partial charge in [0.1, 0.15) is 11.7 Å². The van der Waals surface area contributed by atoms with Crippen LogP contribution in [0.2, 0.25) is 0 Å². The van der Waals surface area contributed by atoms with Gasteiger partial charge in [0.25, 0.3) is 17.7 Å². The summed E-state index contributed by atoms with van der Waals surface area (Å²) in [6.45, 7) is 4.12. The maximum atomic E-state index is 13.7. The molecule has 0 fully saturated rings. The molecule has 1 aliphatic rings. The molecule has 0 unspecified atom stereocenters. The zero-order valence-electron chi connectivity index (χ0n) is 23.4. The highest BCUT2D eigenvalue weighted by molar-refractivity contribution is 5.98. The molecule has 4 rings (SSSR count). The fourth-order valence-electron chi connectivity index (χ4n) is 4.60. The van der Waals surface area contributed by atoms with Crippen molar-refractivity contribution in [1.29, 1.82) is 0 Å². The largest absolute Gasteiger partial charge is 0.472 e. The van der Waals surface area contributed by atoms with E-state index in [2.05, 4.69) is 9.97 Å². The van der Waals surface area contributed by atoms with E-state index in [0.29, 0.717) is 23.2 Å². The molecule has 10 heteroatoms. The van der Waals surface area contributed by atoms with Crippen LogP contribution in [0.3, 0.4) is 0 Å². The second kappa shape index (κ2) is 12.3. The van der Waals surface area contributed by atoms with Crippen LogP contribution in [0.25, 0.3) is 11.1 Å². The van der Waals surface area contributed by atoms with Gasteiger partial charge in [0.15, 0.2) is 0 Å². The van der Waals surface area contributed by atoms with Gasteiger partial charge in [0.2, 0.25) is 5.88 Å². The Bertz CT molecular complexity index is 1360. The van der Waals surface area contributed by atoms with E-state index in [1.165, 1.54) is 11.1 Å². The molecule has 3 atom stereocenters. The number of carbonyl (C=O) groups excluding carboxylic acids is 3. The van der Waals surface area contributed by atoms with Gasteiger partial charge in [-0.25, -0.2) is 4.98 Å². The molecule has 0 saturated carbocycles. The van der Waals surface area contributed by atoms with Gasteiger partial charge in [-0.05, 0) is 42.8 Å². The summed E-state index contributed by atoms with van der Waals surface area (Å²) in [6, 6.07) is 11.8. The molecule has 210 valence electrons. The Morgan fingerprint density at radius 1 is 1.07 bits per heavy atom. The Morgan fingerprint density at radius 2 is 1.80 bits per heavy atom. The third-order valence-electron chi connectivity index (χ3n) is 7.10. The Labute approximate surface area is 234 Å². The van der Waals surface area contributed by atoms with Crippen molar-refractivity contribution >= 4 is 17.7 Å². The van der Waals surface area contributed by atoms with E-state index >= 15 is 0 Å². The molecule has 3 aromatic rings. The third kappa shape index (κ3) is 6.12. The fourth-order valence-corrected chi connectivity index (χ4v) is 4.60. The number of nitrogens with zero attached hydrogens (tertiary/aromatic N) is 5. The first-order chi connectivity index (χ1) is 19.1. The van der Waals surface area contributed by atoms with Crippen LogP contribution in [0.15, 0.2) is 61.1 Å². The second-order valence-corrected chi connectivity index (χ2v) is 10.4. The standard InChI is InChI=1S/C30H35N5O5/c1-19-16-35(20(2)18-36)30(39)25-13-24(21-8-10-22(11-9-21)28(37)33(3)4)15-32-27(25)40-26(19)17-34(5)29(38)23-7-6-12-31-14-23/h6-15,19-20,26,36H,16-18H2,1-5H3/t19-,20-,26+/m1/s1. The second-order valence-electron chi connectivity index (χ2n) is 10.4. The summed E-state index contributed by atoms with van der Waals surface area (Å²) in [5.74, 6) is -0.592. The Kier molecular flexibility index (Phi) is 8.79. The predicted molar refractivity (Wildman–Crippen MR) is 150 cm³/mol. The van der Waals surface area contributed by atoms with Crippen LogP contribution in [-0.4, -0.2) is 100 Å². The van der Waals surface area contributed by atoms with E-state index in [-0.39, 0.29) is 48.2 Å². The predicted octanol–water partition coefficient (Wildman–Crippen LogP) is 2.84. The van der Waals surface area contributed by atoms with Crippen molar-refractivity contribution in [1.82, 2.24) is 24.7 Å². The first-order valence-electron chi connectivity index (χ1n) is 13.2. The Hall–Kier alpha value is -4.31. The van der Waals surface area contributed by atoms with Gasteiger partial charge >= 0.3 is 0 Å². The van der Waals surface area contributed by atoms with Crippen molar-refractivity contribution in [3.63, 3.8) is 0 Å². The molecule has 0 aliphatic carbocycles. The minimum Gasteiger partial charge on any atom is -0.472 e. The van der Waals surface area contributed by atoms with Crippen molar-refractivity contribution in [2.24, 2.45) is 5.92 Å². The Morgan fingerprint density at radius 3 is 2.42 bits per heavy atom. The van der Waals surface area contributed by atoms with E-state index in [1.807, 2.05) is 19.1 Å². The molecular weight excluding hydrogens is 510 g/mol. The molecule has 10 nitrogen and oxygen atoms in total. The van der Waals surface area contributed by atoms with Gasteiger partial charge in [-0.1, -0.05) is 19.1 Å². The van der Waals surface area contributed by atoms with E-state index < -0.39 is 12.1 Å². The quantitative estimate of drug-likeness (QED) is 0.485. The summed E-state index contributed by atoms with van der Waals surface area (Å²) in [5, 5.41) is 9.92. The first kappa shape index (κ1) is 28.7. The highest BCUT2D eigenvalue weighted by atomic mass is 16.5. The smallest absolute Gasteiger partial charge is 0.259 e. The van der Waals surface area contributed by atoms with Crippen LogP contribution < -0.4 is 4.74 Å². The molecule has 0 bridgehead atoms. The molecule has 1 aliphatic heterocycles. The van der Waals surface area contributed by atoms with E-state index in [4.69, 9.17) is 4.74 Å². The van der Waals surface area contributed by atoms with Gasteiger partial charge in [0, 0.05) is 63.3 Å².